The molecule has 1 aromatic carbocycles. The number of fused-ring (bicyclic) bond motifs is 3. The van der Waals surface area contributed by atoms with Crippen LogP contribution in [-0.2, 0) is 9.53 Å². The number of aromatic hydroxyl groups is 1. The smallest absolute Gasteiger partial charge is 0.342 e. The van der Waals surface area contributed by atoms with Gasteiger partial charge in [-0.25, -0.2) is 4.79 Å². The van der Waals surface area contributed by atoms with E-state index in [0.29, 0.717) is 23.8 Å². The first-order chi connectivity index (χ1) is 14.4. The van der Waals surface area contributed by atoms with Gasteiger partial charge in [0.2, 0.25) is 0 Å². The minimum absolute atomic E-state index is 0.0242. The number of phenols is 1. The Balaban J connectivity index is 1.66. The van der Waals surface area contributed by atoms with Crippen LogP contribution in [0.4, 0.5) is 0 Å². The average molecular weight is 449 g/mol. The number of phenolic OH excluding ortho intramolecular Hbond substituents is 1. The van der Waals surface area contributed by atoms with Crippen molar-refractivity contribution in [3.8, 4) is 11.5 Å². The highest BCUT2D eigenvalue weighted by molar-refractivity contribution is 6.33. The van der Waals surface area contributed by atoms with Crippen LogP contribution in [0.2, 0.25) is 5.02 Å². The van der Waals surface area contributed by atoms with E-state index in [4.69, 9.17) is 21.1 Å². The molecule has 0 aromatic heterocycles. The monoisotopic (exact) mass is 448 g/mol. The largest absolute Gasteiger partial charge is 0.507 e. The molecule has 0 radical (unpaired) electrons. The van der Waals surface area contributed by atoms with E-state index in [0.717, 1.165) is 18.4 Å². The number of esters is 1. The topological polar surface area (TPSA) is 93.1 Å². The lowest BCUT2D eigenvalue weighted by atomic mass is 9.49. The molecule has 1 aromatic rings. The van der Waals surface area contributed by atoms with E-state index in [1.165, 1.54) is 13.2 Å². The minimum atomic E-state index is -0.848. The van der Waals surface area contributed by atoms with Gasteiger partial charge in [0, 0.05) is 11.6 Å². The van der Waals surface area contributed by atoms with Crippen molar-refractivity contribution in [2.24, 2.45) is 22.7 Å². The number of hydrogen-bond donors (Lipinski definition) is 2. The van der Waals surface area contributed by atoms with Crippen LogP contribution in [0.3, 0.4) is 0 Å². The van der Waals surface area contributed by atoms with Crippen LogP contribution in [0.5, 0.6) is 11.5 Å². The number of carbonyl (C=O) groups excluding carboxylic acids is 2. The third kappa shape index (κ3) is 3.18. The van der Waals surface area contributed by atoms with Crippen molar-refractivity contribution in [3.05, 3.63) is 33.4 Å². The highest BCUT2D eigenvalue weighted by atomic mass is 35.5. The number of halogens is 1. The summed E-state index contributed by atoms with van der Waals surface area (Å²) in [4.78, 5) is 24.9. The third-order valence-corrected chi connectivity index (χ3v) is 8.19. The first kappa shape index (κ1) is 22.2. The van der Waals surface area contributed by atoms with Crippen LogP contribution in [0.15, 0.2) is 17.2 Å². The fourth-order valence-corrected chi connectivity index (χ4v) is 6.53. The zero-order valence-electron chi connectivity index (χ0n) is 18.5. The van der Waals surface area contributed by atoms with E-state index < -0.39 is 18.2 Å². The zero-order chi connectivity index (χ0) is 22.9. The van der Waals surface area contributed by atoms with Crippen LogP contribution >= 0.6 is 11.6 Å². The van der Waals surface area contributed by atoms with Crippen molar-refractivity contribution in [2.45, 2.75) is 59.2 Å². The molecule has 5 atom stereocenters. The SMILES string of the molecule is COc1cc(O)c(C(=O)OC2C[C@@]3(C)C2=C(C=O)[C@@H](O)[C@@H]2CC(C)(C)C[C@@H]23)c(C)c1Cl. The maximum absolute atomic E-state index is 13.0. The van der Waals surface area contributed by atoms with Gasteiger partial charge in [0.25, 0.3) is 0 Å². The molecule has 7 heteroatoms. The molecule has 3 aliphatic carbocycles. The second kappa shape index (κ2) is 7.24. The maximum Gasteiger partial charge on any atom is 0.342 e. The molecule has 0 amide bonds. The lowest BCUT2D eigenvalue weighted by molar-refractivity contribution is -0.109. The molecule has 6 nitrogen and oxygen atoms in total. The van der Waals surface area contributed by atoms with Crippen LogP contribution in [0.25, 0.3) is 0 Å². The maximum atomic E-state index is 13.0. The molecular formula is C24H29ClO6. The third-order valence-electron chi connectivity index (χ3n) is 7.72. The number of aldehydes is 1. The Labute approximate surface area is 187 Å². The number of aliphatic hydroxyl groups excluding tert-OH is 1. The summed E-state index contributed by atoms with van der Waals surface area (Å²) in [5.74, 6) is -0.464. The summed E-state index contributed by atoms with van der Waals surface area (Å²) in [5.41, 5.74) is 1.21. The van der Waals surface area contributed by atoms with Crippen molar-refractivity contribution in [3.63, 3.8) is 0 Å². The van der Waals surface area contributed by atoms with E-state index in [-0.39, 0.29) is 44.8 Å². The number of ether oxygens (including phenoxy) is 2. The molecule has 3 aliphatic rings. The van der Waals surface area contributed by atoms with Crippen LogP contribution in [-0.4, -0.2) is 41.8 Å². The predicted molar refractivity (Wildman–Crippen MR) is 115 cm³/mol. The van der Waals surface area contributed by atoms with Crippen molar-refractivity contribution < 1.29 is 29.3 Å². The lowest BCUT2D eigenvalue weighted by Crippen LogP contribution is -2.56. The van der Waals surface area contributed by atoms with Crippen molar-refractivity contribution in [2.75, 3.05) is 7.11 Å². The molecule has 0 spiro atoms. The molecule has 2 saturated carbocycles. The van der Waals surface area contributed by atoms with Crippen molar-refractivity contribution >= 4 is 23.9 Å². The van der Waals surface area contributed by atoms with Crippen molar-refractivity contribution in [1.82, 2.24) is 0 Å². The molecule has 4 rings (SSSR count). The number of benzene rings is 1. The number of methoxy groups -OCH3 is 1. The Kier molecular flexibility index (Phi) is 5.17. The summed E-state index contributed by atoms with van der Waals surface area (Å²) >= 11 is 6.25. The minimum Gasteiger partial charge on any atom is -0.507 e. The van der Waals surface area contributed by atoms with E-state index in [2.05, 4.69) is 20.8 Å². The Bertz CT molecular complexity index is 996. The number of hydrogen-bond acceptors (Lipinski definition) is 6. The zero-order valence-corrected chi connectivity index (χ0v) is 19.2. The van der Waals surface area contributed by atoms with Gasteiger partial charge in [-0.05, 0) is 60.0 Å². The average Bonchev–Trinajstić information content (AvgIpc) is 3.03. The summed E-state index contributed by atoms with van der Waals surface area (Å²) in [7, 11) is 1.42. The van der Waals surface area contributed by atoms with Crippen LogP contribution in [0, 0.1) is 29.6 Å². The van der Waals surface area contributed by atoms with Gasteiger partial charge in [-0.3, -0.25) is 4.79 Å². The molecule has 1 unspecified atom stereocenters. The molecule has 0 saturated heterocycles. The summed E-state index contributed by atoms with van der Waals surface area (Å²) in [6, 6.07) is 1.28. The van der Waals surface area contributed by atoms with E-state index in [9.17, 15) is 19.8 Å². The number of aliphatic hydroxyl groups is 1. The molecule has 2 N–H and O–H groups in total. The molecule has 0 bridgehead atoms. The highest BCUT2D eigenvalue weighted by Crippen LogP contribution is 2.66. The summed E-state index contributed by atoms with van der Waals surface area (Å²) < 4.78 is 10.9. The van der Waals surface area contributed by atoms with Crippen LogP contribution in [0.1, 0.15) is 56.0 Å². The van der Waals surface area contributed by atoms with E-state index in [1.54, 1.807) is 6.92 Å². The first-order valence-electron chi connectivity index (χ1n) is 10.6. The second-order valence-electron chi connectivity index (χ2n) is 10.2. The normalized spacial score (nSPS) is 33.3. The lowest BCUT2D eigenvalue weighted by Gasteiger charge is -2.57. The Morgan fingerprint density at radius 2 is 1.94 bits per heavy atom. The molecule has 0 heterocycles. The van der Waals surface area contributed by atoms with Crippen molar-refractivity contribution in [1.29, 1.82) is 0 Å². The van der Waals surface area contributed by atoms with Gasteiger partial charge in [-0.15, -0.1) is 0 Å². The second-order valence-corrected chi connectivity index (χ2v) is 10.6. The molecule has 168 valence electrons. The Hall–Kier alpha value is -2.05. The molecular weight excluding hydrogens is 420 g/mol. The fourth-order valence-electron chi connectivity index (χ4n) is 6.30. The van der Waals surface area contributed by atoms with E-state index >= 15 is 0 Å². The molecule has 2 fully saturated rings. The Morgan fingerprint density at radius 3 is 2.55 bits per heavy atom. The number of carbonyl (C=O) groups is 2. The van der Waals surface area contributed by atoms with Gasteiger partial charge in [0.15, 0.2) is 0 Å². The quantitative estimate of drug-likeness (QED) is 0.529. The fraction of sp³-hybridized carbons (Fsp3) is 0.583. The van der Waals surface area contributed by atoms with Gasteiger partial charge in [-0.2, -0.15) is 0 Å². The summed E-state index contributed by atoms with van der Waals surface area (Å²) in [6.45, 7) is 8.10. The molecule has 31 heavy (non-hydrogen) atoms. The van der Waals surface area contributed by atoms with Gasteiger partial charge < -0.3 is 19.7 Å². The Morgan fingerprint density at radius 1 is 1.26 bits per heavy atom. The van der Waals surface area contributed by atoms with Gasteiger partial charge in [0.1, 0.15) is 29.5 Å². The molecule has 0 aliphatic heterocycles. The summed E-state index contributed by atoms with van der Waals surface area (Å²) in [5, 5.41) is 21.5. The predicted octanol–water partition coefficient (Wildman–Crippen LogP) is 4.22. The van der Waals surface area contributed by atoms with Gasteiger partial charge in [0.05, 0.1) is 18.2 Å². The number of rotatable bonds is 4. The first-order valence-corrected chi connectivity index (χ1v) is 11.0. The summed E-state index contributed by atoms with van der Waals surface area (Å²) in [6.07, 6.45) is 1.65. The van der Waals surface area contributed by atoms with Gasteiger partial charge >= 0.3 is 5.97 Å². The van der Waals surface area contributed by atoms with E-state index in [1.807, 2.05) is 0 Å². The van der Waals surface area contributed by atoms with Gasteiger partial charge in [-0.1, -0.05) is 32.4 Å². The highest BCUT2D eigenvalue weighted by Gasteiger charge is 2.63. The van der Waals surface area contributed by atoms with Crippen LogP contribution < -0.4 is 4.74 Å². The standard InChI is InChI=1S/C24H29ClO6/c1-11-18(15(27)6-16(30-5)20(11)25)22(29)31-17-9-24(4)14-8-23(2,3)7-12(14)21(28)13(10-26)19(17)24/h6,10,12,14,17,21,27-28H,7-9H2,1-5H3/t12-,14+,17?,21+,24-/m1/s1.